The summed E-state index contributed by atoms with van der Waals surface area (Å²) in [6, 6.07) is 17.8. The second kappa shape index (κ2) is 15.8. The fourth-order valence-corrected chi connectivity index (χ4v) is 11.6. The number of esters is 2. The van der Waals surface area contributed by atoms with Gasteiger partial charge in [0.1, 0.15) is 6.10 Å². The van der Waals surface area contributed by atoms with E-state index in [-0.39, 0.29) is 18.1 Å². The van der Waals surface area contributed by atoms with Crippen molar-refractivity contribution >= 4 is 11.9 Å². The predicted molar refractivity (Wildman–Crippen MR) is 204 cm³/mol. The van der Waals surface area contributed by atoms with Crippen molar-refractivity contribution in [2.75, 3.05) is 6.61 Å². The summed E-state index contributed by atoms with van der Waals surface area (Å²) in [5.41, 5.74) is 3.23. The van der Waals surface area contributed by atoms with Gasteiger partial charge in [-0.3, -0.25) is 0 Å². The van der Waals surface area contributed by atoms with Crippen molar-refractivity contribution < 1.29 is 28.5 Å². The van der Waals surface area contributed by atoms with Crippen molar-refractivity contribution in [3.05, 3.63) is 83.4 Å². The molecule has 6 heteroatoms. The van der Waals surface area contributed by atoms with Gasteiger partial charge in [-0.2, -0.15) is 0 Å². The molecule has 1 heterocycles. The van der Waals surface area contributed by atoms with Crippen molar-refractivity contribution in [3.63, 3.8) is 0 Å². The Hall–Kier alpha value is -2.96. The molecule has 52 heavy (non-hydrogen) atoms. The minimum absolute atomic E-state index is 0.0474. The topological polar surface area (TPSA) is 71.1 Å². The van der Waals surface area contributed by atoms with Crippen LogP contribution in [0.3, 0.4) is 0 Å². The highest BCUT2D eigenvalue weighted by molar-refractivity contribution is 5.90. The first-order chi connectivity index (χ1) is 25.0. The van der Waals surface area contributed by atoms with E-state index in [1.54, 1.807) is 42.0 Å². The highest BCUT2D eigenvalue weighted by Gasteiger charge is 2.59. The van der Waals surface area contributed by atoms with Gasteiger partial charge in [-0.25, -0.2) is 9.59 Å². The molecule has 7 rings (SSSR count). The molecule has 6 nitrogen and oxygen atoms in total. The molecule has 0 aromatic heterocycles. The van der Waals surface area contributed by atoms with Gasteiger partial charge in [-0.1, -0.05) is 102 Å². The monoisotopic (exact) mass is 710 g/mol. The standard InChI is InChI=1S/C46H62O6/c1-30(2)13-12-14-31(3)37-21-22-38-36-20-19-34-27-35(23-25-45(34,4)39(36)24-26-46(37,38)5)50-42-28-40(51-43(47)32-15-8-6-9-16-32)41(29-49-42)52-44(48)33-17-10-7-11-18-33/h6-11,15-19,30-31,35-42H,12-14,20-29H2,1-5H3/t31?,35-,36?,37+,38?,39?,40+,41+,42?,45-,46+/m0/s1. The molecule has 4 aliphatic carbocycles. The van der Waals surface area contributed by atoms with Gasteiger partial charge in [0.05, 0.1) is 23.8 Å². The van der Waals surface area contributed by atoms with E-state index in [0.717, 1.165) is 54.8 Å². The first-order valence-corrected chi connectivity index (χ1v) is 20.5. The predicted octanol–water partition coefficient (Wildman–Crippen LogP) is 10.6. The van der Waals surface area contributed by atoms with Crippen molar-refractivity contribution in [1.82, 2.24) is 0 Å². The van der Waals surface area contributed by atoms with Gasteiger partial charge >= 0.3 is 11.9 Å². The van der Waals surface area contributed by atoms with Gasteiger partial charge in [0.15, 0.2) is 12.4 Å². The fraction of sp³-hybridized carbons (Fsp3) is 0.652. The molecule has 2 aromatic carbocycles. The van der Waals surface area contributed by atoms with E-state index in [1.165, 1.54) is 51.4 Å². The van der Waals surface area contributed by atoms with E-state index < -0.39 is 30.4 Å². The van der Waals surface area contributed by atoms with Crippen LogP contribution in [0.1, 0.15) is 132 Å². The molecule has 0 spiro atoms. The molecule has 282 valence electrons. The van der Waals surface area contributed by atoms with Crippen LogP contribution in [0.25, 0.3) is 0 Å². The summed E-state index contributed by atoms with van der Waals surface area (Å²) in [4.78, 5) is 26.2. The Balaban J connectivity index is 0.989. The number of carbonyl (C=O) groups excluding carboxylic acids is 2. The molecule has 1 saturated heterocycles. The average Bonchev–Trinajstić information content (AvgIpc) is 3.50. The van der Waals surface area contributed by atoms with Crippen molar-refractivity contribution in [1.29, 1.82) is 0 Å². The lowest BCUT2D eigenvalue weighted by Crippen LogP contribution is -2.51. The minimum atomic E-state index is -0.733. The first-order valence-electron chi connectivity index (χ1n) is 20.5. The molecule has 0 bridgehead atoms. The van der Waals surface area contributed by atoms with E-state index in [2.05, 4.69) is 40.7 Å². The van der Waals surface area contributed by atoms with Gasteiger partial charge in [-0.15, -0.1) is 0 Å². The maximum Gasteiger partial charge on any atom is 0.338 e. The summed E-state index contributed by atoms with van der Waals surface area (Å²) in [7, 11) is 0. The summed E-state index contributed by atoms with van der Waals surface area (Å²) >= 11 is 0. The highest BCUT2D eigenvalue weighted by atomic mass is 16.7. The molecule has 0 radical (unpaired) electrons. The number of hydrogen-bond donors (Lipinski definition) is 0. The van der Waals surface area contributed by atoms with Gasteiger partial charge in [0.2, 0.25) is 0 Å². The molecule has 0 amide bonds. The maximum absolute atomic E-state index is 13.2. The number of rotatable bonds is 11. The molecule has 0 N–H and O–H groups in total. The van der Waals surface area contributed by atoms with Crippen LogP contribution >= 0.6 is 0 Å². The van der Waals surface area contributed by atoms with Crippen molar-refractivity contribution in [2.45, 2.75) is 136 Å². The molecular formula is C46H62O6. The van der Waals surface area contributed by atoms with Crippen molar-refractivity contribution in [2.24, 2.45) is 46.3 Å². The molecule has 5 unspecified atom stereocenters. The third-order valence-corrected chi connectivity index (χ3v) is 14.4. The Bertz CT molecular complexity index is 1550. The smallest absolute Gasteiger partial charge is 0.338 e. The molecule has 5 aliphatic rings. The maximum atomic E-state index is 13.2. The van der Waals surface area contributed by atoms with E-state index in [9.17, 15) is 9.59 Å². The zero-order chi connectivity index (χ0) is 36.5. The van der Waals surface area contributed by atoms with E-state index in [0.29, 0.717) is 23.0 Å². The number of benzene rings is 2. The third kappa shape index (κ3) is 7.67. The quantitative estimate of drug-likeness (QED) is 0.171. The summed E-state index contributed by atoms with van der Waals surface area (Å²) < 4.78 is 24.8. The Kier molecular flexibility index (Phi) is 11.3. The lowest BCUT2D eigenvalue weighted by atomic mass is 9.47. The van der Waals surface area contributed by atoms with Gasteiger partial charge in [0.25, 0.3) is 0 Å². The third-order valence-electron chi connectivity index (χ3n) is 14.4. The normalized spacial score (nSPS) is 36.2. The molecular weight excluding hydrogens is 649 g/mol. The van der Waals surface area contributed by atoms with Gasteiger partial charge < -0.3 is 18.9 Å². The van der Waals surface area contributed by atoms with Crippen LogP contribution in [-0.4, -0.2) is 43.1 Å². The number of allylic oxidation sites excluding steroid dienone is 1. The Morgan fingerprint density at radius 2 is 1.48 bits per heavy atom. The Morgan fingerprint density at radius 1 is 0.808 bits per heavy atom. The van der Waals surface area contributed by atoms with Crippen LogP contribution in [-0.2, 0) is 18.9 Å². The lowest BCUT2D eigenvalue weighted by molar-refractivity contribution is -0.236. The Morgan fingerprint density at radius 3 is 2.15 bits per heavy atom. The molecule has 11 atom stereocenters. The highest BCUT2D eigenvalue weighted by Crippen LogP contribution is 2.67. The van der Waals surface area contributed by atoms with Crippen molar-refractivity contribution in [3.8, 4) is 0 Å². The number of fused-ring (bicyclic) bond motifs is 5. The van der Waals surface area contributed by atoms with Crippen LogP contribution in [0.2, 0.25) is 0 Å². The van der Waals surface area contributed by atoms with Crippen LogP contribution < -0.4 is 0 Å². The SMILES string of the molecule is CC(C)CCCC(C)[C@H]1CCC2C3CC=C4C[C@@H](OC5C[C@@H](OC(=O)c6ccccc6)[C@H](OC(=O)c6ccccc6)CO5)CC[C@]4(C)C3CC[C@@]21C. The van der Waals surface area contributed by atoms with Crippen LogP contribution in [0.4, 0.5) is 0 Å². The summed E-state index contributed by atoms with van der Waals surface area (Å²) in [5, 5.41) is 0. The molecule has 2 aromatic rings. The number of hydrogen-bond acceptors (Lipinski definition) is 6. The molecule has 3 saturated carbocycles. The minimum Gasteiger partial charge on any atom is -0.455 e. The molecule has 1 aliphatic heterocycles. The summed E-state index contributed by atoms with van der Waals surface area (Å²) in [6.07, 6.45) is 15.0. The molecule has 4 fully saturated rings. The summed E-state index contributed by atoms with van der Waals surface area (Å²) in [6.45, 7) is 12.6. The van der Waals surface area contributed by atoms with Gasteiger partial charge in [0, 0.05) is 6.42 Å². The fourth-order valence-electron chi connectivity index (χ4n) is 11.6. The lowest BCUT2D eigenvalue weighted by Gasteiger charge is -2.58. The second-order valence-corrected chi connectivity index (χ2v) is 17.9. The van der Waals surface area contributed by atoms with Gasteiger partial charge in [-0.05, 0) is 122 Å². The van der Waals surface area contributed by atoms with E-state index in [4.69, 9.17) is 18.9 Å². The largest absolute Gasteiger partial charge is 0.455 e. The number of carbonyl (C=O) groups is 2. The van der Waals surface area contributed by atoms with Crippen LogP contribution in [0.15, 0.2) is 72.3 Å². The average molecular weight is 711 g/mol. The Labute approximate surface area is 312 Å². The van der Waals surface area contributed by atoms with E-state index >= 15 is 0 Å². The summed E-state index contributed by atoms with van der Waals surface area (Å²) in [5.74, 6) is 4.01. The zero-order valence-corrected chi connectivity index (χ0v) is 32.3. The van der Waals surface area contributed by atoms with Crippen LogP contribution in [0, 0.1) is 46.3 Å². The number of ether oxygens (including phenoxy) is 4. The first kappa shape index (κ1) is 37.4. The van der Waals surface area contributed by atoms with Crippen LogP contribution in [0.5, 0.6) is 0 Å². The van der Waals surface area contributed by atoms with E-state index in [1.807, 2.05) is 24.3 Å². The zero-order valence-electron chi connectivity index (χ0n) is 32.3. The second-order valence-electron chi connectivity index (χ2n) is 17.9.